The number of rotatable bonds is 5. The van der Waals surface area contributed by atoms with E-state index in [0.717, 1.165) is 28.7 Å². The third-order valence-electron chi connectivity index (χ3n) is 2.51. The van der Waals surface area contributed by atoms with Crippen molar-refractivity contribution in [1.29, 1.82) is 0 Å². The summed E-state index contributed by atoms with van der Waals surface area (Å²) in [4.78, 5) is 1.78. The van der Waals surface area contributed by atoms with Gasteiger partial charge in [-0.15, -0.1) is 11.3 Å². The summed E-state index contributed by atoms with van der Waals surface area (Å²) in [6, 6.07) is 10.1. The third kappa shape index (κ3) is 3.54. The zero-order chi connectivity index (χ0) is 13.0. The zero-order valence-electron chi connectivity index (χ0n) is 9.65. The Balaban J connectivity index is 2.02. The minimum absolute atomic E-state index is 0.412. The van der Waals surface area contributed by atoms with Crippen molar-refractivity contribution in [2.45, 2.75) is 6.42 Å². The first-order chi connectivity index (χ1) is 8.66. The maximum atomic E-state index is 5.72. The highest BCUT2D eigenvalue weighted by atomic mass is 79.9. The Labute approximate surface area is 124 Å². The fourth-order valence-electron chi connectivity index (χ4n) is 1.65. The molecule has 1 aromatic carbocycles. The van der Waals surface area contributed by atoms with E-state index in [9.17, 15) is 0 Å². The predicted molar refractivity (Wildman–Crippen MR) is 86.5 cm³/mol. The lowest BCUT2D eigenvalue weighted by molar-refractivity contribution is 1.04. The van der Waals surface area contributed by atoms with E-state index in [1.165, 1.54) is 4.88 Å². The van der Waals surface area contributed by atoms with Crippen molar-refractivity contribution in [1.82, 2.24) is 0 Å². The van der Waals surface area contributed by atoms with Crippen molar-refractivity contribution in [2.75, 3.05) is 11.9 Å². The molecule has 0 aliphatic carbocycles. The van der Waals surface area contributed by atoms with Crippen LogP contribution in [0.2, 0.25) is 0 Å². The summed E-state index contributed by atoms with van der Waals surface area (Å²) < 4.78 is 0.981. The molecule has 0 atom stereocenters. The Kier molecular flexibility index (Phi) is 4.74. The number of benzene rings is 1. The topological polar surface area (TPSA) is 38.0 Å². The van der Waals surface area contributed by atoms with E-state index in [1.807, 2.05) is 18.2 Å². The van der Waals surface area contributed by atoms with Gasteiger partial charge in [0.15, 0.2) is 0 Å². The van der Waals surface area contributed by atoms with Crippen molar-refractivity contribution in [3.8, 4) is 0 Å². The van der Waals surface area contributed by atoms with Crippen LogP contribution in [0.5, 0.6) is 0 Å². The van der Waals surface area contributed by atoms with Crippen LogP contribution in [-0.2, 0) is 6.42 Å². The van der Waals surface area contributed by atoms with Crippen LogP contribution in [-0.4, -0.2) is 11.5 Å². The maximum absolute atomic E-state index is 5.72. The average molecular weight is 341 g/mol. The number of hydrogen-bond donors (Lipinski definition) is 2. The molecule has 2 aromatic rings. The summed E-state index contributed by atoms with van der Waals surface area (Å²) in [6.45, 7) is 0.873. The van der Waals surface area contributed by atoms with Crippen LogP contribution in [0.15, 0.2) is 40.2 Å². The van der Waals surface area contributed by atoms with Crippen molar-refractivity contribution in [3.63, 3.8) is 0 Å². The molecule has 2 nitrogen and oxygen atoms in total. The summed E-state index contributed by atoms with van der Waals surface area (Å²) in [5, 5.41) is 5.47. The molecule has 0 aliphatic rings. The molecule has 0 saturated heterocycles. The lowest BCUT2D eigenvalue weighted by Gasteiger charge is -2.11. The molecule has 94 valence electrons. The fraction of sp³-hybridized carbons (Fsp3) is 0.154. The normalized spacial score (nSPS) is 10.3. The molecule has 1 aromatic heterocycles. The van der Waals surface area contributed by atoms with E-state index in [4.69, 9.17) is 18.0 Å². The highest BCUT2D eigenvalue weighted by Gasteiger charge is 2.05. The van der Waals surface area contributed by atoms with Gasteiger partial charge < -0.3 is 11.1 Å². The first kappa shape index (κ1) is 13.5. The number of hydrogen-bond acceptors (Lipinski definition) is 3. The van der Waals surface area contributed by atoms with Crippen LogP contribution in [0.1, 0.15) is 10.4 Å². The van der Waals surface area contributed by atoms with Crippen LogP contribution in [0.25, 0.3) is 0 Å². The van der Waals surface area contributed by atoms with Crippen molar-refractivity contribution >= 4 is 50.2 Å². The average Bonchev–Trinajstić information content (AvgIpc) is 2.84. The molecule has 2 rings (SSSR count). The number of thiocarbonyl (C=S) groups is 1. The Hall–Kier alpha value is -0.910. The molecule has 0 bridgehead atoms. The standard InChI is InChI=1S/C13H13BrN2S2/c14-9-3-4-12(11(8-9)13(15)17)16-6-5-10-2-1-7-18-10/h1-4,7-8,16H,5-6H2,(H2,15,17). The smallest absolute Gasteiger partial charge is 0.106 e. The molecule has 18 heavy (non-hydrogen) atoms. The molecule has 0 amide bonds. The Bertz CT molecular complexity index is 538. The van der Waals surface area contributed by atoms with E-state index in [-0.39, 0.29) is 0 Å². The minimum Gasteiger partial charge on any atom is -0.389 e. The van der Waals surface area contributed by atoms with Crippen molar-refractivity contribution < 1.29 is 0 Å². The van der Waals surface area contributed by atoms with Crippen molar-refractivity contribution in [2.24, 2.45) is 5.73 Å². The summed E-state index contributed by atoms with van der Waals surface area (Å²) in [7, 11) is 0. The van der Waals surface area contributed by atoms with Crippen LogP contribution in [0, 0.1) is 0 Å². The van der Waals surface area contributed by atoms with E-state index in [2.05, 4.69) is 38.8 Å². The van der Waals surface area contributed by atoms with Gasteiger partial charge in [-0.3, -0.25) is 0 Å². The van der Waals surface area contributed by atoms with Crippen molar-refractivity contribution in [3.05, 3.63) is 50.6 Å². The lowest BCUT2D eigenvalue weighted by Crippen LogP contribution is -2.14. The monoisotopic (exact) mass is 340 g/mol. The second kappa shape index (κ2) is 6.31. The van der Waals surface area contributed by atoms with Gasteiger partial charge in [-0.2, -0.15) is 0 Å². The van der Waals surface area contributed by atoms with E-state index < -0.39 is 0 Å². The number of halogens is 1. The molecule has 0 spiro atoms. The third-order valence-corrected chi connectivity index (χ3v) is 4.16. The highest BCUT2D eigenvalue weighted by Crippen LogP contribution is 2.21. The molecule has 0 aliphatic heterocycles. The second-order valence-corrected chi connectivity index (χ2v) is 6.20. The summed E-state index contributed by atoms with van der Waals surface area (Å²) in [5.74, 6) is 0. The van der Waals surface area contributed by atoms with E-state index in [1.54, 1.807) is 11.3 Å². The molecule has 1 heterocycles. The SMILES string of the molecule is NC(=S)c1cc(Br)ccc1NCCc1cccs1. The van der Waals surface area contributed by atoms with E-state index >= 15 is 0 Å². The molecular weight excluding hydrogens is 328 g/mol. The summed E-state index contributed by atoms with van der Waals surface area (Å²) in [6.07, 6.45) is 1.00. The number of anilines is 1. The quantitative estimate of drug-likeness (QED) is 0.813. The molecule has 0 fully saturated rings. The van der Waals surface area contributed by atoms with Crippen LogP contribution in [0.4, 0.5) is 5.69 Å². The van der Waals surface area contributed by atoms with Gasteiger partial charge in [-0.05, 0) is 36.1 Å². The van der Waals surface area contributed by atoms with Crippen LogP contribution >= 0.6 is 39.5 Å². The Morgan fingerprint density at radius 2 is 2.22 bits per heavy atom. The van der Waals surface area contributed by atoms with Gasteiger partial charge in [0, 0.05) is 27.1 Å². The van der Waals surface area contributed by atoms with Gasteiger partial charge >= 0.3 is 0 Å². The molecule has 0 saturated carbocycles. The molecule has 5 heteroatoms. The number of thiophene rings is 1. The number of nitrogens with two attached hydrogens (primary N) is 1. The van der Waals surface area contributed by atoms with Gasteiger partial charge in [0.25, 0.3) is 0 Å². The van der Waals surface area contributed by atoms with Gasteiger partial charge in [-0.25, -0.2) is 0 Å². The highest BCUT2D eigenvalue weighted by molar-refractivity contribution is 9.10. The van der Waals surface area contributed by atoms with Gasteiger partial charge in [0.1, 0.15) is 4.99 Å². The largest absolute Gasteiger partial charge is 0.389 e. The van der Waals surface area contributed by atoms with Crippen LogP contribution in [0.3, 0.4) is 0 Å². The van der Waals surface area contributed by atoms with E-state index in [0.29, 0.717) is 4.99 Å². The molecular formula is C13H13BrN2S2. The van der Waals surface area contributed by atoms with Gasteiger partial charge in [0.05, 0.1) is 0 Å². The Morgan fingerprint density at radius 3 is 2.89 bits per heavy atom. The minimum atomic E-state index is 0.412. The first-order valence-corrected chi connectivity index (χ1v) is 7.60. The van der Waals surface area contributed by atoms with Crippen LogP contribution < -0.4 is 11.1 Å². The number of nitrogens with one attached hydrogen (secondary N) is 1. The first-order valence-electron chi connectivity index (χ1n) is 5.52. The van der Waals surface area contributed by atoms with Gasteiger partial charge in [0.2, 0.25) is 0 Å². The van der Waals surface area contributed by atoms with Gasteiger partial charge in [-0.1, -0.05) is 34.2 Å². The maximum Gasteiger partial charge on any atom is 0.106 e. The Morgan fingerprint density at radius 1 is 1.39 bits per heavy atom. The fourth-order valence-corrected chi connectivity index (χ4v) is 2.89. The lowest BCUT2D eigenvalue weighted by atomic mass is 10.1. The summed E-state index contributed by atoms with van der Waals surface area (Å²) >= 11 is 10.3. The molecule has 3 N–H and O–H groups in total. The zero-order valence-corrected chi connectivity index (χ0v) is 12.9. The summed E-state index contributed by atoms with van der Waals surface area (Å²) in [5.41, 5.74) is 7.59. The molecule has 0 radical (unpaired) electrons. The second-order valence-electron chi connectivity index (χ2n) is 3.81. The molecule has 0 unspecified atom stereocenters. The predicted octanol–water partition coefficient (Wildman–Crippen LogP) is 3.80.